The molecule has 2 heterocycles. The van der Waals surface area contributed by atoms with Crippen LogP contribution in [0.1, 0.15) is 24.4 Å². The van der Waals surface area contributed by atoms with Crippen molar-refractivity contribution in [3.05, 3.63) is 36.3 Å². The summed E-state index contributed by atoms with van der Waals surface area (Å²) in [5.41, 5.74) is 0. The number of rotatable bonds is 5. The average Bonchev–Trinajstić information content (AvgIpc) is 3.19. The summed E-state index contributed by atoms with van der Waals surface area (Å²) >= 11 is 0. The number of furan rings is 1. The topological polar surface area (TPSA) is 62.9 Å². The van der Waals surface area contributed by atoms with E-state index < -0.39 is 12.1 Å². The molecule has 0 spiro atoms. The van der Waals surface area contributed by atoms with Gasteiger partial charge in [0.25, 0.3) is 0 Å². The number of carboxylic acids is 1. The largest absolute Gasteiger partial charge is 0.490 e. The van der Waals surface area contributed by atoms with Crippen LogP contribution in [-0.2, 0) is 16.1 Å². The number of fused-ring (bicyclic) bond motifs is 2. The maximum absolute atomic E-state index is 10.6. The summed E-state index contributed by atoms with van der Waals surface area (Å²) in [6.45, 7) is 8.46. The van der Waals surface area contributed by atoms with Crippen molar-refractivity contribution in [2.45, 2.75) is 44.6 Å². The van der Waals surface area contributed by atoms with Gasteiger partial charge in [0.1, 0.15) is 11.5 Å². The molecule has 140 valence electrons. The van der Waals surface area contributed by atoms with Gasteiger partial charge in [-0.05, 0) is 37.8 Å². The van der Waals surface area contributed by atoms with Gasteiger partial charge in [-0.1, -0.05) is 6.08 Å². The molecule has 0 amide bonds. The number of carboxylic acid groups (broad SMARTS) is 1. The zero-order chi connectivity index (χ0) is 18.6. The minimum Gasteiger partial charge on any atom is -0.475 e. The zero-order valence-corrected chi connectivity index (χ0v) is 14.0. The number of piperidine rings is 1. The molecule has 0 aromatic carbocycles. The van der Waals surface area contributed by atoms with E-state index in [2.05, 4.69) is 17.5 Å². The third-order valence-electron chi connectivity index (χ3n) is 4.42. The van der Waals surface area contributed by atoms with E-state index in [9.17, 15) is 13.2 Å². The number of aliphatic carboxylic acids is 1. The van der Waals surface area contributed by atoms with Crippen molar-refractivity contribution in [3.63, 3.8) is 0 Å². The highest BCUT2D eigenvalue weighted by Crippen LogP contribution is 2.40. The van der Waals surface area contributed by atoms with E-state index in [-0.39, 0.29) is 0 Å². The van der Waals surface area contributed by atoms with Crippen molar-refractivity contribution >= 4 is 5.97 Å². The number of hydrogen-bond donors (Lipinski definition) is 1. The van der Waals surface area contributed by atoms with Crippen LogP contribution in [0.2, 0.25) is 0 Å². The molecule has 3 atom stereocenters. The number of nitrogens with zero attached hydrogens (tertiary/aromatic N) is 1. The van der Waals surface area contributed by atoms with E-state index in [0.717, 1.165) is 24.6 Å². The summed E-state index contributed by atoms with van der Waals surface area (Å²) in [6, 6.07) is 4.69. The molecule has 8 heteroatoms. The molecule has 2 bridgehead atoms. The van der Waals surface area contributed by atoms with Crippen LogP contribution in [0.15, 0.2) is 29.2 Å². The number of halogens is 3. The quantitative estimate of drug-likeness (QED) is 0.815. The molecule has 1 aromatic heterocycles. The van der Waals surface area contributed by atoms with Crippen LogP contribution >= 0.6 is 0 Å². The van der Waals surface area contributed by atoms with E-state index in [1.165, 1.54) is 12.8 Å². The summed E-state index contributed by atoms with van der Waals surface area (Å²) in [4.78, 5) is 11.4. The van der Waals surface area contributed by atoms with Crippen LogP contribution in [0.25, 0.3) is 0 Å². The number of alkyl halides is 3. The molecular formula is C17H22F3NO4. The van der Waals surface area contributed by atoms with Crippen molar-refractivity contribution in [3.8, 4) is 0 Å². The first-order valence-corrected chi connectivity index (χ1v) is 8.04. The third kappa shape index (κ3) is 5.09. The number of likely N-dealkylation sites (tertiary alicyclic amines) is 1. The Bertz CT molecular complexity index is 599. The summed E-state index contributed by atoms with van der Waals surface area (Å²) in [5.74, 6) is 0.00911. The highest BCUT2D eigenvalue weighted by molar-refractivity contribution is 5.73. The Hall–Kier alpha value is -1.80. The Balaban J connectivity index is 0.000000277. The smallest absolute Gasteiger partial charge is 0.475 e. The summed E-state index contributed by atoms with van der Waals surface area (Å²) in [6.07, 6.45) is -0.274. The Kier molecular flexibility index (Phi) is 6.29. The van der Waals surface area contributed by atoms with Crippen LogP contribution in [0.3, 0.4) is 0 Å². The Morgan fingerprint density at radius 2 is 2.16 bits per heavy atom. The predicted octanol–water partition coefficient (Wildman–Crippen LogP) is 3.39. The van der Waals surface area contributed by atoms with Gasteiger partial charge in [-0.2, -0.15) is 13.2 Å². The van der Waals surface area contributed by atoms with Crippen molar-refractivity contribution in [1.29, 1.82) is 0 Å². The van der Waals surface area contributed by atoms with E-state index in [1.807, 2.05) is 19.1 Å². The lowest BCUT2D eigenvalue weighted by atomic mass is 10.1. The van der Waals surface area contributed by atoms with Crippen LogP contribution in [0.5, 0.6) is 0 Å². The molecule has 1 aromatic rings. The van der Waals surface area contributed by atoms with Crippen LogP contribution in [0.4, 0.5) is 13.2 Å². The van der Waals surface area contributed by atoms with Gasteiger partial charge in [0.2, 0.25) is 0 Å². The molecule has 25 heavy (non-hydrogen) atoms. The second-order valence-electron chi connectivity index (χ2n) is 6.24. The van der Waals surface area contributed by atoms with Gasteiger partial charge in [0, 0.05) is 12.6 Å². The molecule has 1 saturated carbocycles. The molecule has 1 saturated heterocycles. The first kappa shape index (κ1) is 19.5. The molecule has 1 aliphatic heterocycles. The fourth-order valence-corrected chi connectivity index (χ4v) is 3.43. The Morgan fingerprint density at radius 3 is 2.68 bits per heavy atom. The van der Waals surface area contributed by atoms with Gasteiger partial charge in [-0.3, -0.25) is 4.90 Å². The standard InChI is InChI=1S/C15H21NO2.C2HF3O2/c1-3-8-17-15-12-5-7-14(15)16(9-12)10-13-6-4-11(2)18-13;3-2(4,5)1(6)7/h3-4,6,12,14-15H,1,5,7-10H2,2H3;(H,6,7). The highest BCUT2D eigenvalue weighted by Gasteiger charge is 2.47. The zero-order valence-electron chi connectivity index (χ0n) is 14.0. The fraction of sp³-hybridized carbons (Fsp3) is 0.588. The molecule has 0 radical (unpaired) electrons. The highest BCUT2D eigenvalue weighted by atomic mass is 19.4. The van der Waals surface area contributed by atoms with E-state index in [1.54, 1.807) is 0 Å². The maximum Gasteiger partial charge on any atom is 0.490 e. The predicted molar refractivity (Wildman–Crippen MR) is 84.0 cm³/mol. The monoisotopic (exact) mass is 361 g/mol. The average molecular weight is 361 g/mol. The lowest BCUT2D eigenvalue weighted by Gasteiger charge is -2.26. The number of aryl methyl sites for hydroxylation is 1. The van der Waals surface area contributed by atoms with Crippen LogP contribution in [-0.4, -0.2) is 47.4 Å². The first-order chi connectivity index (χ1) is 11.7. The molecule has 1 N–H and O–H groups in total. The minimum atomic E-state index is -5.08. The number of carbonyl (C=O) groups is 1. The molecule has 2 aliphatic rings. The SMILES string of the molecule is C=CCOC1C2CCC1N(Cc1ccc(C)o1)C2.O=C(O)C(F)(F)F. The summed E-state index contributed by atoms with van der Waals surface area (Å²) in [5, 5.41) is 7.12. The first-order valence-electron chi connectivity index (χ1n) is 8.04. The van der Waals surface area contributed by atoms with E-state index in [4.69, 9.17) is 19.1 Å². The molecule has 1 aliphatic carbocycles. The number of ether oxygens (including phenoxy) is 1. The van der Waals surface area contributed by atoms with Gasteiger partial charge in [0.05, 0.1) is 19.3 Å². The van der Waals surface area contributed by atoms with Crippen molar-refractivity contribution < 1.29 is 32.2 Å². The lowest BCUT2D eigenvalue weighted by Crippen LogP contribution is -2.34. The Morgan fingerprint density at radius 1 is 1.48 bits per heavy atom. The molecule has 2 fully saturated rings. The Labute approximate surface area is 144 Å². The second kappa shape index (κ2) is 8.05. The van der Waals surface area contributed by atoms with Crippen molar-refractivity contribution in [2.75, 3.05) is 13.2 Å². The van der Waals surface area contributed by atoms with Crippen LogP contribution in [0, 0.1) is 12.8 Å². The normalized spacial score (nSPS) is 25.5. The third-order valence-corrected chi connectivity index (χ3v) is 4.42. The van der Waals surface area contributed by atoms with E-state index in [0.29, 0.717) is 24.7 Å². The molecule has 3 rings (SSSR count). The fourth-order valence-electron chi connectivity index (χ4n) is 3.43. The van der Waals surface area contributed by atoms with Crippen LogP contribution < -0.4 is 0 Å². The minimum absolute atomic E-state index is 0.402. The second-order valence-corrected chi connectivity index (χ2v) is 6.24. The lowest BCUT2D eigenvalue weighted by molar-refractivity contribution is -0.192. The van der Waals surface area contributed by atoms with Gasteiger partial charge in [-0.15, -0.1) is 6.58 Å². The molecule has 5 nitrogen and oxygen atoms in total. The molecule has 3 unspecified atom stereocenters. The maximum atomic E-state index is 10.6. The van der Waals surface area contributed by atoms with Gasteiger partial charge >= 0.3 is 12.1 Å². The van der Waals surface area contributed by atoms with Gasteiger partial charge in [0.15, 0.2) is 0 Å². The van der Waals surface area contributed by atoms with Gasteiger partial charge < -0.3 is 14.3 Å². The van der Waals surface area contributed by atoms with Gasteiger partial charge in [-0.25, -0.2) is 4.79 Å². The number of hydrogen-bond acceptors (Lipinski definition) is 4. The summed E-state index contributed by atoms with van der Waals surface area (Å²) < 4.78 is 43.3. The summed E-state index contributed by atoms with van der Waals surface area (Å²) in [7, 11) is 0. The van der Waals surface area contributed by atoms with E-state index >= 15 is 0 Å². The molecular weight excluding hydrogens is 339 g/mol. The van der Waals surface area contributed by atoms with Crippen molar-refractivity contribution in [2.24, 2.45) is 5.92 Å². The van der Waals surface area contributed by atoms with Crippen molar-refractivity contribution in [1.82, 2.24) is 4.90 Å².